The predicted molar refractivity (Wildman–Crippen MR) is 222 cm³/mol. The number of nitriles is 1. The lowest BCUT2D eigenvalue weighted by Crippen LogP contribution is -2.02. The standard InChI is InChI=1S/C50H30N4/c1-52-49-41(34-17-7-3-8-18-34)31-40(33-15-5-2-6-16-33)44(32-51)50(49)54-46-24-14-12-22-39(46)43-30-36(26-28-48(43)54)35-25-27-47-42(29-35)38-21-11-13-23-45(38)53(47)37-19-9-4-10-20-37/h2-31H. The number of nitrogens with zero attached hydrogens (tertiary/aromatic N) is 4. The molecule has 0 unspecified atom stereocenters. The van der Waals surface area contributed by atoms with Crippen molar-refractivity contribution in [3.8, 4) is 50.8 Å². The maximum absolute atomic E-state index is 10.9. The molecule has 8 aromatic carbocycles. The van der Waals surface area contributed by atoms with E-state index < -0.39 is 0 Å². The Morgan fingerprint density at radius 2 is 0.889 bits per heavy atom. The van der Waals surface area contributed by atoms with E-state index in [9.17, 15) is 5.26 Å². The molecular weight excluding hydrogens is 657 g/mol. The van der Waals surface area contributed by atoms with E-state index >= 15 is 0 Å². The largest absolute Gasteiger partial charge is 0.318 e. The molecule has 4 nitrogen and oxygen atoms in total. The third kappa shape index (κ3) is 4.76. The Labute approximate surface area is 312 Å². The van der Waals surface area contributed by atoms with Crippen molar-refractivity contribution < 1.29 is 0 Å². The van der Waals surface area contributed by atoms with Crippen LogP contribution in [0.25, 0.3) is 93.2 Å². The normalized spacial score (nSPS) is 11.3. The number of fused-ring (bicyclic) bond motifs is 6. The second-order valence-corrected chi connectivity index (χ2v) is 13.5. The average Bonchev–Trinajstić information content (AvgIpc) is 3.75. The van der Waals surface area contributed by atoms with Crippen molar-refractivity contribution in [3.05, 3.63) is 199 Å². The molecule has 0 saturated heterocycles. The van der Waals surface area contributed by atoms with E-state index in [1.54, 1.807) is 0 Å². The van der Waals surface area contributed by atoms with Crippen LogP contribution < -0.4 is 0 Å². The van der Waals surface area contributed by atoms with Gasteiger partial charge in [0, 0.05) is 27.2 Å². The molecule has 54 heavy (non-hydrogen) atoms. The van der Waals surface area contributed by atoms with Gasteiger partial charge in [-0.1, -0.05) is 133 Å². The maximum Gasteiger partial charge on any atom is 0.219 e. The zero-order chi connectivity index (χ0) is 36.2. The maximum atomic E-state index is 10.9. The molecule has 2 heterocycles. The minimum Gasteiger partial charge on any atom is -0.318 e. The molecule has 250 valence electrons. The Bertz CT molecular complexity index is 3080. The van der Waals surface area contributed by atoms with Crippen molar-refractivity contribution in [2.24, 2.45) is 0 Å². The average molecular weight is 687 g/mol. The molecule has 0 saturated carbocycles. The lowest BCUT2D eigenvalue weighted by Gasteiger charge is -2.19. The molecule has 0 spiro atoms. The highest BCUT2D eigenvalue weighted by molar-refractivity contribution is 6.13. The summed E-state index contributed by atoms with van der Waals surface area (Å²) in [7, 11) is 0. The van der Waals surface area contributed by atoms with Crippen LogP contribution in [-0.4, -0.2) is 9.13 Å². The second-order valence-electron chi connectivity index (χ2n) is 13.5. The quantitative estimate of drug-likeness (QED) is 0.166. The first-order valence-corrected chi connectivity index (χ1v) is 18.0. The lowest BCUT2D eigenvalue weighted by molar-refractivity contribution is 1.17. The van der Waals surface area contributed by atoms with Crippen LogP contribution in [0.4, 0.5) is 5.69 Å². The lowest BCUT2D eigenvalue weighted by atomic mass is 9.91. The fourth-order valence-corrected chi connectivity index (χ4v) is 8.19. The van der Waals surface area contributed by atoms with Crippen LogP contribution in [0.5, 0.6) is 0 Å². The van der Waals surface area contributed by atoms with Crippen LogP contribution in [0.2, 0.25) is 0 Å². The van der Waals surface area contributed by atoms with E-state index in [0.29, 0.717) is 16.9 Å². The van der Waals surface area contributed by atoms with E-state index in [4.69, 9.17) is 6.57 Å². The Balaban J connectivity index is 1.24. The molecule has 0 radical (unpaired) electrons. The number of hydrogen-bond donors (Lipinski definition) is 0. The van der Waals surface area contributed by atoms with Crippen LogP contribution in [0, 0.1) is 17.9 Å². The van der Waals surface area contributed by atoms with Crippen molar-refractivity contribution in [1.82, 2.24) is 9.13 Å². The second kappa shape index (κ2) is 12.5. The summed E-state index contributed by atoms with van der Waals surface area (Å²) < 4.78 is 4.47. The Morgan fingerprint density at radius 1 is 0.426 bits per heavy atom. The highest BCUT2D eigenvalue weighted by Crippen LogP contribution is 2.46. The molecule has 0 aliphatic heterocycles. The fraction of sp³-hybridized carbons (Fsp3) is 0. The van der Waals surface area contributed by atoms with E-state index in [-0.39, 0.29) is 0 Å². The fourth-order valence-electron chi connectivity index (χ4n) is 8.19. The van der Waals surface area contributed by atoms with Gasteiger partial charge in [0.25, 0.3) is 0 Å². The van der Waals surface area contributed by atoms with Gasteiger partial charge in [-0.05, 0) is 81.9 Å². The number of para-hydroxylation sites is 3. The van der Waals surface area contributed by atoms with Gasteiger partial charge in [0.1, 0.15) is 6.07 Å². The summed E-state index contributed by atoms with van der Waals surface area (Å²) in [6, 6.07) is 65.3. The third-order valence-electron chi connectivity index (χ3n) is 10.6. The first kappa shape index (κ1) is 31.1. The summed E-state index contributed by atoms with van der Waals surface area (Å²) in [5, 5.41) is 15.5. The molecule has 4 heteroatoms. The molecule has 0 fully saturated rings. The minimum atomic E-state index is 0.449. The highest BCUT2D eigenvalue weighted by Gasteiger charge is 2.25. The molecular formula is C50H30N4. The summed E-state index contributed by atoms with van der Waals surface area (Å²) in [5.74, 6) is 0. The van der Waals surface area contributed by atoms with Gasteiger partial charge in [0.2, 0.25) is 5.69 Å². The van der Waals surface area contributed by atoms with E-state index in [1.165, 1.54) is 16.3 Å². The van der Waals surface area contributed by atoms with Crippen LogP contribution in [0.3, 0.4) is 0 Å². The van der Waals surface area contributed by atoms with Crippen molar-refractivity contribution in [3.63, 3.8) is 0 Å². The Kier molecular flexibility index (Phi) is 7.22. The monoisotopic (exact) mass is 686 g/mol. The highest BCUT2D eigenvalue weighted by atomic mass is 15.0. The number of rotatable bonds is 5. The molecule has 0 aliphatic carbocycles. The third-order valence-corrected chi connectivity index (χ3v) is 10.6. The number of hydrogen-bond acceptors (Lipinski definition) is 1. The van der Waals surface area contributed by atoms with Crippen molar-refractivity contribution in [2.75, 3.05) is 0 Å². The summed E-state index contributed by atoms with van der Waals surface area (Å²) >= 11 is 0. The predicted octanol–water partition coefficient (Wildman–Crippen LogP) is 13.3. The summed E-state index contributed by atoms with van der Waals surface area (Å²) in [5.41, 5.74) is 12.5. The van der Waals surface area contributed by atoms with E-state index in [0.717, 1.165) is 66.4 Å². The van der Waals surface area contributed by atoms with Crippen LogP contribution in [0.15, 0.2) is 182 Å². The summed E-state index contributed by atoms with van der Waals surface area (Å²) in [6.45, 7) is 8.57. The molecule has 0 N–H and O–H groups in total. The Hall–Kier alpha value is -7.66. The zero-order valence-corrected chi connectivity index (χ0v) is 29.1. The van der Waals surface area contributed by atoms with Crippen LogP contribution in [0.1, 0.15) is 5.56 Å². The molecule has 10 rings (SSSR count). The molecule has 10 aromatic rings. The van der Waals surface area contributed by atoms with Crippen molar-refractivity contribution >= 4 is 49.3 Å². The van der Waals surface area contributed by atoms with Crippen molar-refractivity contribution in [2.45, 2.75) is 0 Å². The van der Waals surface area contributed by atoms with E-state index in [1.807, 2.05) is 72.8 Å². The molecule has 2 aromatic heterocycles. The summed E-state index contributed by atoms with van der Waals surface area (Å²) in [4.78, 5) is 4.18. The minimum absolute atomic E-state index is 0.449. The van der Waals surface area contributed by atoms with Gasteiger partial charge >= 0.3 is 0 Å². The van der Waals surface area contributed by atoms with E-state index in [2.05, 4.69) is 129 Å². The van der Waals surface area contributed by atoms with Crippen LogP contribution >= 0.6 is 0 Å². The van der Waals surface area contributed by atoms with Gasteiger partial charge in [-0.2, -0.15) is 5.26 Å². The summed E-state index contributed by atoms with van der Waals surface area (Å²) in [6.07, 6.45) is 0. The SMILES string of the molecule is [C-]#[N+]c1c(-c2ccccc2)cc(-c2ccccc2)c(C#N)c1-n1c2ccccc2c2cc(-c3ccc4c(c3)c3ccccc3n4-c3ccccc3)ccc21. The van der Waals surface area contributed by atoms with Crippen molar-refractivity contribution in [1.29, 1.82) is 5.26 Å². The van der Waals surface area contributed by atoms with Gasteiger partial charge in [-0.25, -0.2) is 4.85 Å². The first-order chi connectivity index (χ1) is 26.7. The number of benzene rings is 8. The molecule has 0 amide bonds. The van der Waals surface area contributed by atoms with Gasteiger partial charge in [-0.15, -0.1) is 0 Å². The Morgan fingerprint density at radius 3 is 1.44 bits per heavy atom. The molecule has 0 bridgehead atoms. The molecule has 0 atom stereocenters. The first-order valence-electron chi connectivity index (χ1n) is 18.0. The zero-order valence-electron chi connectivity index (χ0n) is 29.1. The molecule has 0 aliphatic rings. The topological polar surface area (TPSA) is 38.0 Å². The van der Waals surface area contributed by atoms with Gasteiger partial charge in [0.05, 0.1) is 39.9 Å². The van der Waals surface area contributed by atoms with Gasteiger partial charge in [0.15, 0.2) is 0 Å². The van der Waals surface area contributed by atoms with Crippen LogP contribution in [-0.2, 0) is 0 Å². The van der Waals surface area contributed by atoms with Gasteiger partial charge < -0.3 is 9.13 Å². The van der Waals surface area contributed by atoms with Gasteiger partial charge in [-0.3, -0.25) is 0 Å². The number of aromatic nitrogens is 2. The smallest absolute Gasteiger partial charge is 0.219 e.